The van der Waals surface area contributed by atoms with Crippen LogP contribution in [0.2, 0.25) is 0 Å². The van der Waals surface area contributed by atoms with Crippen molar-refractivity contribution < 1.29 is 19.4 Å². The summed E-state index contributed by atoms with van der Waals surface area (Å²) >= 11 is 0. The van der Waals surface area contributed by atoms with Crippen LogP contribution in [0.5, 0.6) is 0 Å². The number of hydrogen-bond donors (Lipinski definition) is 1. The van der Waals surface area contributed by atoms with Gasteiger partial charge in [0.05, 0.1) is 11.5 Å². The topological polar surface area (TPSA) is 55.8 Å². The van der Waals surface area contributed by atoms with Gasteiger partial charge >= 0.3 is 5.97 Å². The van der Waals surface area contributed by atoms with Crippen LogP contribution in [0.3, 0.4) is 0 Å². The normalized spacial score (nSPS) is 81.9. The second kappa shape index (κ2) is 2.90. The highest BCUT2D eigenvalue weighted by Gasteiger charge is 3.02. The highest BCUT2D eigenvalue weighted by atomic mass is 16.6. The number of rotatable bonds is 0. The fraction of sp³-hybridized carbons (Fsp3) is 0.950. The van der Waals surface area contributed by atoms with Crippen LogP contribution in [0.15, 0.2) is 0 Å². The first kappa shape index (κ1) is 11.9. The van der Waals surface area contributed by atoms with Crippen LogP contribution in [0.25, 0.3) is 0 Å². The maximum atomic E-state index is 13.6. The Morgan fingerprint density at radius 2 is 1.54 bits per heavy atom. The molecule has 4 nitrogen and oxygen atoms in total. The fourth-order valence-corrected chi connectivity index (χ4v) is 12.3. The molecule has 10 fully saturated rings. The summed E-state index contributed by atoms with van der Waals surface area (Å²) < 4.78 is 12.4. The zero-order chi connectivity index (χ0) is 15.3. The van der Waals surface area contributed by atoms with E-state index in [0.29, 0.717) is 59.2 Å². The summed E-state index contributed by atoms with van der Waals surface area (Å²) in [5.41, 5.74) is -0.608. The molecule has 2 aliphatic heterocycles. The molecule has 8 aliphatic carbocycles. The highest BCUT2D eigenvalue weighted by molar-refractivity contribution is 5.85. The van der Waals surface area contributed by atoms with E-state index in [1.54, 1.807) is 0 Å². The van der Waals surface area contributed by atoms with Gasteiger partial charge in [0.15, 0.2) is 6.29 Å². The van der Waals surface area contributed by atoms with Crippen LogP contribution < -0.4 is 0 Å². The van der Waals surface area contributed by atoms with Crippen molar-refractivity contribution in [3.05, 3.63) is 0 Å². The zero-order valence-electron chi connectivity index (χ0n) is 13.5. The summed E-state index contributed by atoms with van der Waals surface area (Å²) in [6, 6.07) is 0. The van der Waals surface area contributed by atoms with Gasteiger partial charge in [0, 0.05) is 11.3 Å². The SMILES string of the molecule is O=C1O[C@@H]2CC[C@H]3[C@H]2[C@H]2[C@H]4[C@@H]5[C@H]6[C@@H]7CC[C@H]8O[C@H](O)[C@]([C@@H]5[C@H]78)([C@@H]34)[C@@]126. The zero-order valence-corrected chi connectivity index (χ0v) is 13.5. The standard InChI is InChI=1S/C20H22O4/c21-17-19-13-5-1-3-7-9(5)15-11(13)12-14(20(15,19)18(22)23-7)6-2-4-8(24-17)10(6)16(12)19/h5-17,21H,1-4H2/t5-,6+,7+,8+,9+,10+,11-,12+,13-,14+,15-,16+,17-,19+,20+/m0/s1. The third-order valence-electron chi connectivity index (χ3n) is 11.5. The smallest absolute Gasteiger partial charge is 0.313 e. The van der Waals surface area contributed by atoms with Gasteiger partial charge in [-0.05, 0) is 78.9 Å². The average Bonchev–Trinajstić information content (AvgIpc) is 3.34. The van der Waals surface area contributed by atoms with E-state index in [4.69, 9.17) is 9.47 Å². The molecule has 2 heterocycles. The van der Waals surface area contributed by atoms with Gasteiger partial charge < -0.3 is 14.6 Å². The lowest BCUT2D eigenvalue weighted by Crippen LogP contribution is -2.72. The van der Waals surface area contributed by atoms with Gasteiger partial charge in [0.1, 0.15) is 6.10 Å². The Morgan fingerprint density at radius 3 is 2.42 bits per heavy atom. The van der Waals surface area contributed by atoms with Crippen molar-refractivity contribution in [2.45, 2.75) is 44.2 Å². The van der Waals surface area contributed by atoms with Crippen molar-refractivity contribution in [3.8, 4) is 0 Å². The van der Waals surface area contributed by atoms with Crippen LogP contribution in [0.1, 0.15) is 25.7 Å². The summed E-state index contributed by atoms with van der Waals surface area (Å²) in [6.45, 7) is 0. The van der Waals surface area contributed by atoms with Crippen LogP contribution in [-0.2, 0) is 14.3 Å². The number of aliphatic hydroxyl groups excluding tert-OH is 1. The monoisotopic (exact) mass is 326 g/mol. The van der Waals surface area contributed by atoms with Crippen LogP contribution >= 0.6 is 0 Å². The Kier molecular flexibility index (Phi) is 1.44. The van der Waals surface area contributed by atoms with E-state index in [2.05, 4.69) is 0 Å². The van der Waals surface area contributed by atoms with E-state index in [0.717, 1.165) is 12.8 Å². The minimum absolute atomic E-state index is 0.100. The number of ether oxygens (including phenoxy) is 2. The van der Waals surface area contributed by atoms with Crippen molar-refractivity contribution in [3.63, 3.8) is 0 Å². The molecule has 0 amide bonds. The van der Waals surface area contributed by atoms with Gasteiger partial charge in [-0.3, -0.25) is 4.79 Å². The molecule has 0 aromatic heterocycles. The molecule has 24 heavy (non-hydrogen) atoms. The molecule has 8 bridgehead atoms. The minimum atomic E-state index is -0.707. The molecular weight excluding hydrogens is 304 g/mol. The van der Waals surface area contributed by atoms with Crippen LogP contribution in [0, 0.1) is 70.0 Å². The first-order valence-electron chi connectivity index (χ1n) is 10.3. The molecule has 8 saturated carbocycles. The van der Waals surface area contributed by atoms with E-state index in [1.165, 1.54) is 12.8 Å². The lowest BCUT2D eigenvalue weighted by molar-refractivity contribution is -0.335. The average molecular weight is 326 g/mol. The Bertz CT molecular complexity index is 747. The minimum Gasteiger partial charge on any atom is -0.462 e. The molecule has 10 aliphatic rings. The molecular formula is C20H22O4. The number of hydrogen-bond acceptors (Lipinski definition) is 4. The predicted octanol–water partition coefficient (Wildman–Crippen LogP) is 1.42. The van der Waals surface area contributed by atoms with Gasteiger partial charge in [0.25, 0.3) is 0 Å². The van der Waals surface area contributed by atoms with Gasteiger partial charge in [-0.25, -0.2) is 0 Å². The van der Waals surface area contributed by atoms with E-state index < -0.39 is 6.29 Å². The Morgan fingerprint density at radius 1 is 0.833 bits per heavy atom. The summed E-state index contributed by atoms with van der Waals surface area (Å²) in [6.07, 6.45) is 4.37. The molecule has 1 N–H and O–H groups in total. The van der Waals surface area contributed by atoms with Crippen molar-refractivity contribution in [2.75, 3.05) is 0 Å². The van der Waals surface area contributed by atoms with E-state index in [1.807, 2.05) is 0 Å². The van der Waals surface area contributed by atoms with Gasteiger partial charge in [-0.1, -0.05) is 0 Å². The van der Waals surface area contributed by atoms with Crippen LogP contribution in [0.4, 0.5) is 0 Å². The summed E-state index contributed by atoms with van der Waals surface area (Å²) in [5, 5.41) is 11.4. The Labute approximate surface area is 140 Å². The first-order chi connectivity index (χ1) is 11.7. The second-order valence-electron chi connectivity index (χ2n) is 10.7. The molecule has 0 aromatic carbocycles. The molecule has 0 unspecified atom stereocenters. The quantitative estimate of drug-likeness (QED) is 0.684. The van der Waals surface area contributed by atoms with E-state index >= 15 is 0 Å². The molecule has 4 heteroatoms. The molecule has 10 rings (SSSR count). The summed E-state index contributed by atoms with van der Waals surface area (Å²) in [5.74, 6) is 6.37. The highest BCUT2D eigenvalue weighted by Crippen LogP contribution is 2.99. The number of esters is 1. The van der Waals surface area contributed by atoms with Gasteiger partial charge in [0.2, 0.25) is 0 Å². The number of aliphatic hydroxyl groups is 1. The maximum absolute atomic E-state index is 13.6. The molecule has 0 radical (unpaired) electrons. The Hall–Kier alpha value is -0.610. The Balaban J connectivity index is 1.44. The number of carbonyl (C=O) groups excluding carboxylic acids is 1. The third-order valence-corrected chi connectivity index (χ3v) is 11.5. The summed E-state index contributed by atoms with van der Waals surface area (Å²) in [4.78, 5) is 13.6. The number of carbonyl (C=O) groups is 1. The lowest BCUT2D eigenvalue weighted by Gasteiger charge is -2.65. The molecule has 126 valence electrons. The molecule has 2 saturated heterocycles. The van der Waals surface area contributed by atoms with Gasteiger partial charge in [-0.15, -0.1) is 0 Å². The van der Waals surface area contributed by atoms with Crippen molar-refractivity contribution in [1.29, 1.82) is 0 Å². The van der Waals surface area contributed by atoms with E-state index in [9.17, 15) is 9.90 Å². The van der Waals surface area contributed by atoms with Gasteiger partial charge in [-0.2, -0.15) is 0 Å². The largest absolute Gasteiger partial charge is 0.462 e. The molecule has 15 atom stereocenters. The van der Waals surface area contributed by atoms with Crippen LogP contribution in [-0.4, -0.2) is 29.6 Å². The van der Waals surface area contributed by atoms with E-state index in [-0.39, 0.29) is 29.0 Å². The van der Waals surface area contributed by atoms with Crippen molar-refractivity contribution >= 4 is 5.97 Å². The predicted molar refractivity (Wildman–Crippen MR) is 79.0 cm³/mol. The third kappa shape index (κ3) is 0.680. The van der Waals surface area contributed by atoms with Crippen molar-refractivity contribution in [2.24, 2.45) is 70.0 Å². The second-order valence-corrected chi connectivity index (χ2v) is 10.7. The maximum Gasteiger partial charge on any atom is 0.313 e. The molecule has 0 aromatic rings. The summed E-state index contributed by atoms with van der Waals surface area (Å²) in [7, 11) is 0. The first-order valence-corrected chi connectivity index (χ1v) is 10.3. The lowest BCUT2D eigenvalue weighted by atomic mass is 9.42. The fourth-order valence-electron chi connectivity index (χ4n) is 12.3. The van der Waals surface area contributed by atoms with Crippen molar-refractivity contribution in [1.82, 2.24) is 0 Å². The molecule has 2 spiro atoms.